The van der Waals surface area contributed by atoms with Crippen molar-refractivity contribution in [2.45, 2.75) is 24.0 Å². The van der Waals surface area contributed by atoms with Crippen molar-refractivity contribution in [2.75, 3.05) is 13.1 Å². The van der Waals surface area contributed by atoms with Gasteiger partial charge in [-0.25, -0.2) is 4.21 Å². The zero-order valence-corrected chi connectivity index (χ0v) is 11.1. The van der Waals surface area contributed by atoms with Crippen LogP contribution in [-0.2, 0) is 11.1 Å². The van der Waals surface area contributed by atoms with Crippen molar-refractivity contribution in [2.24, 2.45) is 0 Å². The SMILES string of the molecule is O=S(O)c1[nH]nc2ccc(OC3CCNCC3)cc12. The van der Waals surface area contributed by atoms with E-state index in [1.807, 2.05) is 6.07 Å². The van der Waals surface area contributed by atoms with E-state index in [0.717, 1.165) is 25.9 Å². The van der Waals surface area contributed by atoms with Crippen LogP contribution in [0, 0.1) is 0 Å². The molecule has 3 N–H and O–H groups in total. The van der Waals surface area contributed by atoms with Gasteiger partial charge in [-0.1, -0.05) is 0 Å². The van der Waals surface area contributed by atoms with Gasteiger partial charge in [0.15, 0.2) is 5.03 Å². The number of aromatic nitrogens is 2. The largest absolute Gasteiger partial charge is 0.490 e. The Labute approximate surface area is 112 Å². The molecular formula is C12H15N3O3S. The highest BCUT2D eigenvalue weighted by Gasteiger charge is 2.16. The number of benzene rings is 1. The number of H-pyrrole nitrogens is 1. The van der Waals surface area contributed by atoms with Crippen LogP contribution in [0.1, 0.15) is 12.8 Å². The van der Waals surface area contributed by atoms with Crippen molar-refractivity contribution in [1.29, 1.82) is 0 Å². The fraction of sp³-hybridized carbons (Fsp3) is 0.417. The van der Waals surface area contributed by atoms with Gasteiger partial charge >= 0.3 is 0 Å². The molecule has 1 saturated heterocycles. The molecule has 0 bridgehead atoms. The fourth-order valence-electron chi connectivity index (χ4n) is 2.28. The lowest BCUT2D eigenvalue weighted by Crippen LogP contribution is -2.34. The molecule has 0 amide bonds. The molecule has 1 fully saturated rings. The first-order valence-electron chi connectivity index (χ1n) is 6.20. The first-order valence-corrected chi connectivity index (χ1v) is 7.31. The summed E-state index contributed by atoms with van der Waals surface area (Å²) in [4.78, 5) is 0. The molecule has 1 aromatic carbocycles. The predicted octanol–water partition coefficient (Wildman–Crippen LogP) is 1.27. The number of nitrogens with zero attached hydrogens (tertiary/aromatic N) is 1. The summed E-state index contributed by atoms with van der Waals surface area (Å²) in [5.74, 6) is 0.715. The Morgan fingerprint density at radius 3 is 2.89 bits per heavy atom. The Morgan fingerprint density at radius 2 is 2.16 bits per heavy atom. The van der Waals surface area contributed by atoms with E-state index in [0.29, 0.717) is 16.7 Å². The van der Waals surface area contributed by atoms with Gasteiger partial charge in [-0.05, 0) is 44.1 Å². The summed E-state index contributed by atoms with van der Waals surface area (Å²) in [6, 6.07) is 5.40. The summed E-state index contributed by atoms with van der Waals surface area (Å²) in [6.45, 7) is 1.93. The number of nitrogens with one attached hydrogen (secondary N) is 2. The van der Waals surface area contributed by atoms with Crippen LogP contribution < -0.4 is 10.1 Å². The van der Waals surface area contributed by atoms with E-state index < -0.39 is 11.1 Å². The van der Waals surface area contributed by atoms with E-state index in [1.54, 1.807) is 12.1 Å². The van der Waals surface area contributed by atoms with Crippen LogP contribution in [0.3, 0.4) is 0 Å². The Bertz CT molecular complexity index is 607. The Balaban J connectivity index is 1.87. The van der Waals surface area contributed by atoms with E-state index in [-0.39, 0.29) is 11.1 Å². The Kier molecular flexibility index (Phi) is 3.50. The highest BCUT2D eigenvalue weighted by molar-refractivity contribution is 7.79. The number of ether oxygens (including phenoxy) is 1. The third kappa shape index (κ3) is 2.63. The smallest absolute Gasteiger partial charge is 0.205 e. The lowest BCUT2D eigenvalue weighted by molar-refractivity contribution is 0.162. The van der Waals surface area contributed by atoms with Crippen LogP contribution >= 0.6 is 0 Å². The number of hydrogen-bond donors (Lipinski definition) is 3. The molecule has 6 nitrogen and oxygen atoms in total. The minimum atomic E-state index is -2.07. The molecule has 0 saturated carbocycles. The molecule has 1 aliphatic heterocycles. The van der Waals surface area contributed by atoms with Crippen molar-refractivity contribution in [1.82, 2.24) is 15.5 Å². The molecule has 0 radical (unpaired) electrons. The van der Waals surface area contributed by atoms with Gasteiger partial charge < -0.3 is 14.6 Å². The topological polar surface area (TPSA) is 87.2 Å². The van der Waals surface area contributed by atoms with Crippen LogP contribution in [-0.4, -0.2) is 38.2 Å². The molecule has 2 heterocycles. The maximum Gasteiger partial charge on any atom is 0.205 e. The number of aromatic amines is 1. The van der Waals surface area contributed by atoms with Gasteiger partial charge in [0.25, 0.3) is 0 Å². The van der Waals surface area contributed by atoms with Gasteiger partial charge in [0, 0.05) is 5.39 Å². The molecule has 0 spiro atoms. The van der Waals surface area contributed by atoms with Crippen LogP contribution in [0.15, 0.2) is 23.2 Å². The molecule has 1 unspecified atom stereocenters. The quantitative estimate of drug-likeness (QED) is 0.738. The van der Waals surface area contributed by atoms with Gasteiger partial charge in [0.2, 0.25) is 11.1 Å². The molecule has 2 aromatic rings. The molecule has 19 heavy (non-hydrogen) atoms. The maximum atomic E-state index is 11.2. The number of rotatable bonds is 3. The van der Waals surface area contributed by atoms with Crippen LogP contribution in [0.25, 0.3) is 10.9 Å². The summed E-state index contributed by atoms with van der Waals surface area (Å²) in [7, 11) is 0. The molecule has 1 atom stereocenters. The fourth-order valence-corrected chi connectivity index (χ4v) is 2.75. The van der Waals surface area contributed by atoms with E-state index in [9.17, 15) is 8.76 Å². The second-order valence-electron chi connectivity index (χ2n) is 4.55. The van der Waals surface area contributed by atoms with Crippen molar-refractivity contribution < 1.29 is 13.5 Å². The zero-order valence-electron chi connectivity index (χ0n) is 10.3. The van der Waals surface area contributed by atoms with Crippen molar-refractivity contribution in [3.63, 3.8) is 0 Å². The van der Waals surface area contributed by atoms with E-state index in [4.69, 9.17) is 4.74 Å². The summed E-state index contributed by atoms with van der Waals surface area (Å²) in [6.07, 6.45) is 2.15. The van der Waals surface area contributed by atoms with Gasteiger partial charge in [-0.15, -0.1) is 0 Å². The van der Waals surface area contributed by atoms with E-state index in [2.05, 4.69) is 15.5 Å². The van der Waals surface area contributed by atoms with Crippen LogP contribution in [0.5, 0.6) is 5.75 Å². The van der Waals surface area contributed by atoms with Crippen molar-refractivity contribution in [3.8, 4) is 5.75 Å². The highest BCUT2D eigenvalue weighted by Crippen LogP contribution is 2.25. The predicted molar refractivity (Wildman–Crippen MR) is 71.7 cm³/mol. The molecule has 7 heteroatoms. The lowest BCUT2D eigenvalue weighted by Gasteiger charge is -2.23. The average Bonchev–Trinajstić information content (AvgIpc) is 2.83. The standard InChI is InChI=1S/C12H15N3O3S/c16-19(17)12-10-7-9(1-2-11(10)14-15-12)18-8-3-5-13-6-4-8/h1-2,7-8,13H,3-6H2,(H,14,15)(H,16,17). The number of fused-ring (bicyclic) bond motifs is 1. The molecule has 1 aliphatic rings. The molecular weight excluding hydrogens is 266 g/mol. The zero-order chi connectivity index (χ0) is 13.2. The summed E-state index contributed by atoms with van der Waals surface area (Å²) >= 11 is -2.07. The van der Waals surface area contributed by atoms with E-state index >= 15 is 0 Å². The molecule has 1 aromatic heterocycles. The normalized spacial score (nSPS) is 18.6. The van der Waals surface area contributed by atoms with Crippen molar-refractivity contribution >= 4 is 22.0 Å². The van der Waals surface area contributed by atoms with Gasteiger partial charge in [0.1, 0.15) is 11.9 Å². The second-order valence-corrected chi connectivity index (χ2v) is 5.45. The molecule has 102 valence electrons. The Hall–Kier alpha value is -1.44. The summed E-state index contributed by atoms with van der Waals surface area (Å²) < 4.78 is 26.2. The average molecular weight is 281 g/mol. The van der Waals surface area contributed by atoms with Crippen LogP contribution in [0.4, 0.5) is 0 Å². The number of piperidine rings is 1. The van der Waals surface area contributed by atoms with E-state index in [1.165, 1.54) is 0 Å². The minimum absolute atomic E-state index is 0.202. The summed E-state index contributed by atoms with van der Waals surface area (Å²) in [5.41, 5.74) is 0.662. The van der Waals surface area contributed by atoms with Gasteiger partial charge in [-0.3, -0.25) is 5.10 Å². The lowest BCUT2D eigenvalue weighted by atomic mass is 10.1. The van der Waals surface area contributed by atoms with Crippen molar-refractivity contribution in [3.05, 3.63) is 18.2 Å². The third-order valence-corrected chi connectivity index (χ3v) is 3.91. The first-order chi connectivity index (χ1) is 9.24. The highest BCUT2D eigenvalue weighted by atomic mass is 32.2. The van der Waals surface area contributed by atoms with Gasteiger partial charge in [-0.2, -0.15) is 5.10 Å². The first kappa shape index (κ1) is 12.6. The summed E-state index contributed by atoms with van der Waals surface area (Å²) in [5, 5.41) is 10.7. The minimum Gasteiger partial charge on any atom is -0.490 e. The Morgan fingerprint density at radius 1 is 1.37 bits per heavy atom. The third-order valence-electron chi connectivity index (χ3n) is 3.25. The van der Waals surface area contributed by atoms with Crippen LogP contribution in [0.2, 0.25) is 0 Å². The van der Waals surface area contributed by atoms with Gasteiger partial charge in [0.05, 0.1) is 5.52 Å². The monoisotopic (exact) mass is 281 g/mol. The second kappa shape index (κ2) is 5.28. The number of hydrogen-bond acceptors (Lipinski definition) is 4. The maximum absolute atomic E-state index is 11.2. The molecule has 3 rings (SSSR count). The molecule has 0 aliphatic carbocycles.